The van der Waals surface area contributed by atoms with Crippen molar-refractivity contribution in [1.29, 1.82) is 0 Å². The summed E-state index contributed by atoms with van der Waals surface area (Å²) in [6.07, 6.45) is 3.27. The Balaban J connectivity index is 1.86. The second-order valence-electron chi connectivity index (χ2n) is 6.05. The normalized spacial score (nSPS) is 33.9. The van der Waals surface area contributed by atoms with Crippen LogP contribution in [-0.2, 0) is 14.3 Å². The van der Waals surface area contributed by atoms with Crippen LogP contribution in [0.2, 0.25) is 0 Å². The van der Waals surface area contributed by atoms with Gasteiger partial charge < -0.3 is 14.8 Å². The van der Waals surface area contributed by atoms with E-state index in [0.29, 0.717) is 13.2 Å². The molecule has 0 aromatic heterocycles. The summed E-state index contributed by atoms with van der Waals surface area (Å²) in [6.45, 7) is 7.21. The smallest absolute Gasteiger partial charge is 0.225 e. The molecule has 2 aliphatic rings. The molecule has 2 rings (SSSR count). The van der Waals surface area contributed by atoms with E-state index in [1.165, 1.54) is 0 Å². The molecule has 0 spiro atoms. The summed E-state index contributed by atoms with van der Waals surface area (Å²) in [7, 11) is 0. The van der Waals surface area contributed by atoms with Gasteiger partial charge in [-0.15, -0.1) is 0 Å². The first-order chi connectivity index (χ1) is 7.97. The predicted molar refractivity (Wildman–Crippen MR) is 64.7 cm³/mol. The van der Waals surface area contributed by atoms with Crippen LogP contribution in [0.1, 0.15) is 40.0 Å². The maximum atomic E-state index is 11.9. The Morgan fingerprint density at radius 2 is 1.76 bits per heavy atom. The van der Waals surface area contributed by atoms with E-state index in [1.54, 1.807) is 0 Å². The van der Waals surface area contributed by atoms with Gasteiger partial charge in [0.15, 0.2) is 0 Å². The molecule has 17 heavy (non-hydrogen) atoms. The topological polar surface area (TPSA) is 47.6 Å². The van der Waals surface area contributed by atoms with Crippen molar-refractivity contribution in [3.05, 3.63) is 0 Å². The summed E-state index contributed by atoms with van der Waals surface area (Å²) in [5, 5.41) is 3.12. The molecule has 1 saturated heterocycles. The lowest BCUT2D eigenvalue weighted by atomic mass is 9.88. The van der Waals surface area contributed by atoms with Gasteiger partial charge in [0.1, 0.15) is 0 Å². The molecule has 1 heterocycles. The van der Waals surface area contributed by atoms with Crippen LogP contribution in [0.5, 0.6) is 0 Å². The number of carbonyl (C=O) groups is 1. The molecule has 4 nitrogen and oxygen atoms in total. The van der Waals surface area contributed by atoms with Crippen molar-refractivity contribution in [3.63, 3.8) is 0 Å². The van der Waals surface area contributed by atoms with Gasteiger partial charge in [-0.25, -0.2) is 0 Å². The summed E-state index contributed by atoms with van der Waals surface area (Å²) < 4.78 is 11.4. The Kier molecular flexibility index (Phi) is 3.73. The lowest BCUT2D eigenvalue weighted by molar-refractivity contribution is -0.159. The van der Waals surface area contributed by atoms with Crippen LogP contribution in [0, 0.1) is 5.41 Å². The second kappa shape index (κ2) is 4.94. The minimum Gasteiger partial charge on any atom is -0.373 e. The van der Waals surface area contributed by atoms with Crippen LogP contribution in [0.25, 0.3) is 0 Å². The molecule has 0 radical (unpaired) electrons. The van der Waals surface area contributed by atoms with Crippen LogP contribution in [-0.4, -0.2) is 37.4 Å². The molecule has 2 fully saturated rings. The quantitative estimate of drug-likeness (QED) is 0.756. The van der Waals surface area contributed by atoms with E-state index in [4.69, 9.17) is 9.47 Å². The van der Waals surface area contributed by atoms with Crippen molar-refractivity contribution in [1.82, 2.24) is 5.32 Å². The Hall–Kier alpha value is -0.610. The zero-order valence-electron chi connectivity index (χ0n) is 11.0. The third-order valence-corrected chi connectivity index (χ3v) is 3.49. The van der Waals surface area contributed by atoms with Crippen LogP contribution < -0.4 is 5.32 Å². The molecule has 1 saturated carbocycles. The average Bonchev–Trinajstić information content (AvgIpc) is 2.27. The van der Waals surface area contributed by atoms with Crippen LogP contribution in [0.4, 0.5) is 0 Å². The molecule has 1 N–H and O–H groups in total. The van der Waals surface area contributed by atoms with E-state index < -0.39 is 0 Å². The van der Waals surface area contributed by atoms with E-state index in [-0.39, 0.29) is 29.6 Å². The zero-order chi connectivity index (χ0) is 12.5. The van der Waals surface area contributed by atoms with Gasteiger partial charge in [-0.2, -0.15) is 0 Å². The standard InChI is InChI=1S/C13H23NO3/c1-13(2,3)12(15)14-9-4-5-10-11(8-9)17-7-6-16-10/h9-11H,4-8H2,1-3H3,(H,14,15)/t9-,10+,11-/m1/s1. The monoisotopic (exact) mass is 241 g/mol. The largest absolute Gasteiger partial charge is 0.373 e. The number of ether oxygens (including phenoxy) is 2. The maximum Gasteiger partial charge on any atom is 0.225 e. The fourth-order valence-corrected chi connectivity index (χ4v) is 2.40. The molecule has 3 atom stereocenters. The lowest BCUT2D eigenvalue weighted by Crippen LogP contribution is -2.51. The van der Waals surface area contributed by atoms with E-state index in [2.05, 4.69) is 5.32 Å². The first kappa shape index (κ1) is 12.8. The molecule has 1 aliphatic heterocycles. The summed E-state index contributed by atoms with van der Waals surface area (Å²) >= 11 is 0. The molecule has 1 aliphatic carbocycles. The summed E-state index contributed by atoms with van der Waals surface area (Å²) in [4.78, 5) is 11.9. The third kappa shape index (κ3) is 3.19. The minimum atomic E-state index is -0.319. The minimum absolute atomic E-state index is 0.123. The SMILES string of the molecule is CC(C)(C)C(=O)N[C@@H]1CC[C@@H]2OCCO[C@@H]2C1. The Labute approximate surface area is 103 Å². The number of nitrogens with one attached hydrogen (secondary N) is 1. The molecular weight excluding hydrogens is 218 g/mol. The molecule has 4 heteroatoms. The number of rotatable bonds is 1. The molecule has 1 amide bonds. The predicted octanol–water partition coefficient (Wildman–Crippen LogP) is 1.49. The van der Waals surface area contributed by atoms with Gasteiger partial charge in [0.05, 0.1) is 25.4 Å². The average molecular weight is 241 g/mol. The van der Waals surface area contributed by atoms with E-state index in [9.17, 15) is 4.79 Å². The number of hydrogen-bond acceptors (Lipinski definition) is 3. The Bertz CT molecular complexity index is 285. The highest BCUT2D eigenvalue weighted by molar-refractivity contribution is 5.81. The van der Waals surface area contributed by atoms with Crippen molar-refractivity contribution in [2.75, 3.05) is 13.2 Å². The van der Waals surface area contributed by atoms with Gasteiger partial charge >= 0.3 is 0 Å². The van der Waals surface area contributed by atoms with E-state index >= 15 is 0 Å². The number of fused-ring (bicyclic) bond motifs is 1. The van der Waals surface area contributed by atoms with Gasteiger partial charge in [-0.05, 0) is 19.3 Å². The molecule has 0 aromatic rings. The highest BCUT2D eigenvalue weighted by atomic mass is 16.6. The fourth-order valence-electron chi connectivity index (χ4n) is 2.40. The first-order valence-electron chi connectivity index (χ1n) is 6.51. The lowest BCUT2D eigenvalue weighted by Gasteiger charge is -2.39. The van der Waals surface area contributed by atoms with Crippen molar-refractivity contribution in [2.45, 2.75) is 58.3 Å². The fraction of sp³-hybridized carbons (Fsp3) is 0.923. The van der Waals surface area contributed by atoms with Crippen LogP contribution in [0.3, 0.4) is 0 Å². The highest BCUT2D eigenvalue weighted by Crippen LogP contribution is 2.27. The van der Waals surface area contributed by atoms with Crippen LogP contribution in [0.15, 0.2) is 0 Å². The van der Waals surface area contributed by atoms with Crippen molar-refractivity contribution < 1.29 is 14.3 Å². The van der Waals surface area contributed by atoms with Crippen molar-refractivity contribution in [3.8, 4) is 0 Å². The highest BCUT2D eigenvalue weighted by Gasteiger charge is 2.35. The van der Waals surface area contributed by atoms with E-state index in [1.807, 2.05) is 20.8 Å². The molecule has 0 bridgehead atoms. The number of amides is 1. The number of carbonyl (C=O) groups excluding carboxylic acids is 1. The van der Waals surface area contributed by atoms with E-state index in [0.717, 1.165) is 19.3 Å². The molecular formula is C13H23NO3. The van der Waals surface area contributed by atoms with Gasteiger partial charge in [0.25, 0.3) is 0 Å². The second-order valence-corrected chi connectivity index (χ2v) is 6.05. The first-order valence-corrected chi connectivity index (χ1v) is 6.51. The summed E-state index contributed by atoms with van der Waals surface area (Å²) in [5.41, 5.74) is -0.319. The van der Waals surface area contributed by atoms with Crippen molar-refractivity contribution in [2.24, 2.45) is 5.41 Å². The molecule has 0 aromatic carbocycles. The van der Waals surface area contributed by atoms with Crippen molar-refractivity contribution >= 4 is 5.91 Å². The molecule has 98 valence electrons. The van der Waals surface area contributed by atoms with Gasteiger partial charge in [-0.1, -0.05) is 20.8 Å². The maximum absolute atomic E-state index is 11.9. The summed E-state index contributed by atoms with van der Waals surface area (Å²) in [5.74, 6) is 0.123. The molecule has 0 unspecified atom stereocenters. The van der Waals surface area contributed by atoms with Gasteiger partial charge in [-0.3, -0.25) is 4.79 Å². The van der Waals surface area contributed by atoms with Crippen LogP contribution >= 0.6 is 0 Å². The summed E-state index contributed by atoms with van der Waals surface area (Å²) in [6, 6.07) is 0.240. The Morgan fingerprint density at radius 3 is 2.41 bits per heavy atom. The van der Waals surface area contributed by atoms with Gasteiger partial charge in [0.2, 0.25) is 5.91 Å². The van der Waals surface area contributed by atoms with Gasteiger partial charge in [0, 0.05) is 11.5 Å². The number of hydrogen-bond donors (Lipinski definition) is 1. The Morgan fingerprint density at radius 1 is 1.12 bits per heavy atom. The zero-order valence-corrected chi connectivity index (χ0v) is 11.0. The third-order valence-electron chi connectivity index (χ3n) is 3.49.